The highest BCUT2D eigenvalue weighted by Crippen LogP contribution is 2.52. The number of rotatable bonds is 7. The molecule has 3 aliphatic rings. The molecule has 4 aromatic rings. The van der Waals surface area contributed by atoms with Crippen LogP contribution in [0.25, 0.3) is 11.8 Å². The Labute approximate surface area is 256 Å². The molecule has 0 saturated heterocycles. The van der Waals surface area contributed by atoms with E-state index in [0.29, 0.717) is 48.2 Å². The van der Waals surface area contributed by atoms with Crippen molar-refractivity contribution in [3.05, 3.63) is 95.1 Å². The molecule has 234 valence electrons. The number of carbonyl (C=O) groups excluding carboxylic acids is 1. The van der Waals surface area contributed by atoms with Crippen LogP contribution in [0.15, 0.2) is 71.7 Å². The molecule has 0 amide bonds. The topological polar surface area (TPSA) is 103 Å². The van der Waals surface area contributed by atoms with E-state index in [4.69, 9.17) is 0 Å². The molecule has 9 nitrogen and oxygen atoms in total. The molecule has 2 fully saturated rings. The molecule has 0 aliphatic heterocycles. The summed E-state index contributed by atoms with van der Waals surface area (Å²) in [6.45, 7) is 0. The third-order valence-corrected chi connectivity index (χ3v) is 10.9. The SMILES string of the molecule is Cn1cc(S(=O)(=O)N(C2CC2)[C@H]2CCC3=Cc4c(cnn4-c4ccc(F)cc4)C[C@]3(C(=O)c3cc(C(F)(F)F)ccn3)C2)cn1. The Kier molecular flexibility index (Phi) is 6.85. The molecule has 7 rings (SSSR count). The zero-order valence-electron chi connectivity index (χ0n) is 24.1. The van der Waals surface area contributed by atoms with Crippen LogP contribution < -0.4 is 0 Å². The average Bonchev–Trinajstić information content (AvgIpc) is 3.59. The second-order valence-corrected chi connectivity index (χ2v) is 13.8. The van der Waals surface area contributed by atoms with E-state index in [1.54, 1.807) is 30.1 Å². The van der Waals surface area contributed by atoms with Crippen molar-refractivity contribution < 1.29 is 30.8 Å². The van der Waals surface area contributed by atoms with Crippen LogP contribution in [0.2, 0.25) is 0 Å². The van der Waals surface area contributed by atoms with Crippen LogP contribution >= 0.6 is 0 Å². The van der Waals surface area contributed by atoms with Crippen molar-refractivity contribution in [2.24, 2.45) is 12.5 Å². The summed E-state index contributed by atoms with van der Waals surface area (Å²) in [4.78, 5) is 18.6. The van der Waals surface area contributed by atoms with Gasteiger partial charge in [0.2, 0.25) is 10.0 Å². The summed E-state index contributed by atoms with van der Waals surface area (Å²) in [5, 5.41) is 8.54. The molecule has 0 spiro atoms. The standard InChI is InChI=1S/C31H28F4N6O3S/c1-39-18-26(17-37-39)45(43,44)41(24-8-9-24)25-5-2-20-13-28-19(16-38-40(28)23-6-3-22(32)4-7-23)14-30(20,15-25)29(42)27-12-21(10-11-36-27)31(33,34)35/h3-4,6-7,10-13,16-18,24-25H,2,5,8-9,14-15H2,1H3/t25-,30-/m0/s1. The molecular weight excluding hydrogens is 612 g/mol. The molecule has 0 unspecified atom stereocenters. The molecule has 0 bridgehead atoms. The molecule has 2 atom stereocenters. The van der Waals surface area contributed by atoms with Crippen molar-refractivity contribution in [1.82, 2.24) is 28.9 Å². The number of carbonyl (C=O) groups is 1. The zero-order valence-corrected chi connectivity index (χ0v) is 24.9. The first-order valence-electron chi connectivity index (χ1n) is 14.5. The molecule has 3 aromatic heterocycles. The number of allylic oxidation sites excluding steroid dienone is 1. The van der Waals surface area contributed by atoms with E-state index >= 15 is 0 Å². The number of fused-ring (bicyclic) bond motifs is 2. The minimum absolute atomic E-state index is 0.0460. The fourth-order valence-corrected chi connectivity index (χ4v) is 8.62. The highest BCUT2D eigenvalue weighted by atomic mass is 32.2. The number of halogens is 4. The van der Waals surface area contributed by atoms with Crippen molar-refractivity contribution in [3.8, 4) is 5.69 Å². The van der Waals surface area contributed by atoms with E-state index in [2.05, 4.69) is 15.2 Å². The van der Waals surface area contributed by atoms with Crippen LogP contribution in [0, 0.1) is 11.2 Å². The Morgan fingerprint density at radius 3 is 2.47 bits per heavy atom. The van der Waals surface area contributed by atoms with Gasteiger partial charge in [0.1, 0.15) is 16.4 Å². The monoisotopic (exact) mass is 640 g/mol. The molecule has 1 aromatic carbocycles. The smallest absolute Gasteiger partial charge is 0.291 e. The van der Waals surface area contributed by atoms with Gasteiger partial charge in [-0.25, -0.2) is 17.5 Å². The summed E-state index contributed by atoms with van der Waals surface area (Å²) in [5.41, 5.74) is -0.0672. The summed E-state index contributed by atoms with van der Waals surface area (Å²) in [6, 6.07) is 6.52. The van der Waals surface area contributed by atoms with E-state index in [0.717, 1.165) is 18.3 Å². The van der Waals surface area contributed by atoms with Gasteiger partial charge < -0.3 is 0 Å². The average molecular weight is 641 g/mol. The molecule has 14 heteroatoms. The first kappa shape index (κ1) is 29.5. The number of pyridine rings is 1. The van der Waals surface area contributed by atoms with Crippen molar-refractivity contribution in [2.45, 2.75) is 61.7 Å². The van der Waals surface area contributed by atoms with Gasteiger partial charge in [-0.05, 0) is 86.6 Å². The fourth-order valence-electron chi connectivity index (χ4n) is 6.74. The number of alkyl halides is 3. The molecule has 3 heterocycles. The van der Waals surface area contributed by atoms with Crippen LogP contribution in [0.5, 0.6) is 0 Å². The lowest BCUT2D eigenvalue weighted by Crippen LogP contribution is -2.51. The Bertz CT molecular complexity index is 1950. The lowest BCUT2D eigenvalue weighted by molar-refractivity contribution is -0.137. The van der Waals surface area contributed by atoms with E-state index in [9.17, 15) is 30.8 Å². The van der Waals surface area contributed by atoms with Gasteiger partial charge in [0, 0.05) is 31.5 Å². The minimum Gasteiger partial charge on any atom is -0.291 e. The maximum atomic E-state index is 14.5. The van der Waals surface area contributed by atoms with E-state index < -0.39 is 44.8 Å². The lowest BCUT2D eigenvalue weighted by atomic mass is 9.60. The van der Waals surface area contributed by atoms with Gasteiger partial charge in [0.25, 0.3) is 0 Å². The quantitative estimate of drug-likeness (QED) is 0.199. The first-order valence-corrected chi connectivity index (χ1v) is 15.9. The third kappa shape index (κ3) is 5.09. The number of hydrogen-bond acceptors (Lipinski definition) is 6. The molecule has 45 heavy (non-hydrogen) atoms. The highest BCUT2D eigenvalue weighted by Gasteiger charge is 2.54. The van der Waals surface area contributed by atoms with Gasteiger partial charge in [-0.2, -0.15) is 27.7 Å². The largest absolute Gasteiger partial charge is 0.416 e. The number of benzene rings is 1. The van der Waals surface area contributed by atoms with Crippen LogP contribution in [0.1, 0.15) is 59.4 Å². The summed E-state index contributed by atoms with van der Waals surface area (Å²) >= 11 is 0. The van der Waals surface area contributed by atoms with E-state index in [1.165, 1.54) is 33.5 Å². The van der Waals surface area contributed by atoms with Gasteiger partial charge in [-0.1, -0.05) is 5.57 Å². The molecule has 3 aliphatic carbocycles. The Balaban J connectivity index is 1.33. The van der Waals surface area contributed by atoms with Gasteiger partial charge >= 0.3 is 6.18 Å². The van der Waals surface area contributed by atoms with Crippen molar-refractivity contribution in [1.29, 1.82) is 0 Å². The Morgan fingerprint density at radius 1 is 1.04 bits per heavy atom. The van der Waals surface area contributed by atoms with E-state index in [-0.39, 0.29) is 29.5 Å². The van der Waals surface area contributed by atoms with Gasteiger partial charge in [0.05, 0.1) is 34.8 Å². The normalized spacial score (nSPS) is 21.7. The predicted octanol–water partition coefficient (Wildman–Crippen LogP) is 5.37. The fraction of sp³-hybridized carbons (Fsp3) is 0.355. The van der Waals surface area contributed by atoms with Crippen LogP contribution in [-0.4, -0.2) is 55.1 Å². The van der Waals surface area contributed by atoms with Crippen LogP contribution in [0.4, 0.5) is 17.6 Å². The number of ketones is 1. The van der Waals surface area contributed by atoms with Crippen LogP contribution in [0.3, 0.4) is 0 Å². The number of Topliss-reactive ketones (excluding diaryl/α,β-unsaturated/α-hetero) is 1. The number of hydrogen-bond donors (Lipinski definition) is 0. The maximum absolute atomic E-state index is 14.5. The number of nitrogens with zero attached hydrogens (tertiary/aromatic N) is 6. The minimum atomic E-state index is -4.68. The Hall–Kier alpha value is -4.17. The molecule has 2 saturated carbocycles. The molecule has 0 radical (unpaired) electrons. The molecule has 0 N–H and O–H groups in total. The lowest BCUT2D eigenvalue weighted by Gasteiger charge is -2.46. The van der Waals surface area contributed by atoms with Gasteiger partial charge in [0.15, 0.2) is 5.78 Å². The van der Waals surface area contributed by atoms with Gasteiger partial charge in [-0.15, -0.1) is 0 Å². The predicted molar refractivity (Wildman–Crippen MR) is 154 cm³/mol. The van der Waals surface area contributed by atoms with E-state index in [1.807, 2.05) is 6.08 Å². The number of aryl methyl sites for hydroxylation is 1. The second kappa shape index (κ2) is 10.4. The zero-order chi connectivity index (χ0) is 31.7. The van der Waals surface area contributed by atoms with Crippen molar-refractivity contribution in [2.75, 3.05) is 0 Å². The maximum Gasteiger partial charge on any atom is 0.416 e. The number of aromatic nitrogens is 5. The molecular formula is C31H28F4N6O3S. The first-order chi connectivity index (χ1) is 21.4. The van der Waals surface area contributed by atoms with Crippen molar-refractivity contribution in [3.63, 3.8) is 0 Å². The van der Waals surface area contributed by atoms with Crippen LogP contribution in [-0.2, 0) is 29.7 Å². The Morgan fingerprint density at radius 2 is 1.80 bits per heavy atom. The summed E-state index contributed by atoms with van der Waals surface area (Å²) < 4.78 is 87.2. The summed E-state index contributed by atoms with van der Waals surface area (Å²) in [7, 11) is -2.36. The summed E-state index contributed by atoms with van der Waals surface area (Å²) in [5.74, 6) is -1.00. The second-order valence-electron chi connectivity index (χ2n) is 11.9. The third-order valence-electron chi connectivity index (χ3n) is 8.98. The van der Waals surface area contributed by atoms with Crippen molar-refractivity contribution >= 4 is 21.9 Å². The highest BCUT2D eigenvalue weighted by molar-refractivity contribution is 7.89. The van der Waals surface area contributed by atoms with Gasteiger partial charge in [-0.3, -0.25) is 14.5 Å². The summed E-state index contributed by atoms with van der Waals surface area (Å²) in [6.07, 6.45) is 4.67. The number of sulfonamides is 1.